The molecule has 0 bridgehead atoms. The summed E-state index contributed by atoms with van der Waals surface area (Å²) in [5.74, 6) is 1.06. The lowest BCUT2D eigenvalue weighted by atomic mass is 10.1. The summed E-state index contributed by atoms with van der Waals surface area (Å²) in [6.07, 6.45) is 1.74. The SMILES string of the molecule is CC1CNC(c2ccco2)C(C)S1. The molecule has 1 aromatic rings. The van der Waals surface area contributed by atoms with E-state index in [2.05, 4.69) is 19.2 Å². The molecule has 2 nitrogen and oxygen atoms in total. The van der Waals surface area contributed by atoms with Gasteiger partial charge in [0.1, 0.15) is 5.76 Å². The van der Waals surface area contributed by atoms with E-state index < -0.39 is 0 Å². The lowest BCUT2D eigenvalue weighted by Crippen LogP contribution is -2.38. The summed E-state index contributed by atoms with van der Waals surface area (Å²) >= 11 is 2.03. The van der Waals surface area contributed by atoms with Crippen LogP contribution in [0.2, 0.25) is 0 Å². The van der Waals surface area contributed by atoms with Crippen molar-refractivity contribution in [2.45, 2.75) is 30.4 Å². The molecule has 72 valence electrons. The monoisotopic (exact) mass is 197 g/mol. The summed E-state index contributed by atoms with van der Waals surface area (Å²) in [6, 6.07) is 4.38. The highest BCUT2D eigenvalue weighted by molar-refractivity contribution is 8.00. The molecule has 3 atom stereocenters. The van der Waals surface area contributed by atoms with Crippen molar-refractivity contribution in [3.63, 3.8) is 0 Å². The first-order valence-electron chi connectivity index (χ1n) is 4.69. The Labute approximate surface area is 83.1 Å². The van der Waals surface area contributed by atoms with Gasteiger partial charge in [0.2, 0.25) is 0 Å². The van der Waals surface area contributed by atoms with E-state index in [9.17, 15) is 0 Å². The van der Waals surface area contributed by atoms with E-state index in [1.807, 2.05) is 23.9 Å². The lowest BCUT2D eigenvalue weighted by Gasteiger charge is -2.32. The van der Waals surface area contributed by atoms with Crippen molar-refractivity contribution in [1.29, 1.82) is 0 Å². The van der Waals surface area contributed by atoms with Crippen molar-refractivity contribution >= 4 is 11.8 Å². The fraction of sp³-hybridized carbons (Fsp3) is 0.600. The minimum atomic E-state index is 0.385. The summed E-state index contributed by atoms with van der Waals surface area (Å²) in [5.41, 5.74) is 0. The zero-order valence-electron chi connectivity index (χ0n) is 7.99. The fourth-order valence-corrected chi connectivity index (χ4v) is 3.06. The molecular formula is C10H15NOS. The van der Waals surface area contributed by atoms with Crippen molar-refractivity contribution in [3.05, 3.63) is 24.2 Å². The number of hydrogen-bond donors (Lipinski definition) is 1. The van der Waals surface area contributed by atoms with E-state index in [1.165, 1.54) is 0 Å². The highest BCUT2D eigenvalue weighted by Crippen LogP contribution is 2.32. The van der Waals surface area contributed by atoms with E-state index in [0.29, 0.717) is 16.5 Å². The number of furan rings is 1. The number of nitrogens with one attached hydrogen (secondary N) is 1. The topological polar surface area (TPSA) is 25.2 Å². The molecule has 0 saturated carbocycles. The van der Waals surface area contributed by atoms with Gasteiger partial charge in [-0.3, -0.25) is 0 Å². The van der Waals surface area contributed by atoms with Gasteiger partial charge < -0.3 is 9.73 Å². The molecule has 3 unspecified atom stereocenters. The fourth-order valence-electron chi connectivity index (χ4n) is 1.75. The highest BCUT2D eigenvalue weighted by atomic mass is 32.2. The van der Waals surface area contributed by atoms with Gasteiger partial charge in [-0.15, -0.1) is 0 Å². The Hall–Kier alpha value is -0.410. The lowest BCUT2D eigenvalue weighted by molar-refractivity contribution is 0.402. The maximum absolute atomic E-state index is 5.40. The van der Waals surface area contributed by atoms with Gasteiger partial charge in [0.15, 0.2) is 0 Å². The van der Waals surface area contributed by atoms with Crippen LogP contribution in [0.1, 0.15) is 25.6 Å². The Bertz CT molecular complexity index is 260. The standard InChI is InChI=1S/C10H15NOS/c1-7-6-11-10(8(2)13-7)9-4-3-5-12-9/h3-5,7-8,10-11H,6H2,1-2H3. The molecule has 0 aliphatic carbocycles. The van der Waals surface area contributed by atoms with Crippen LogP contribution in [-0.2, 0) is 0 Å². The Morgan fingerprint density at radius 2 is 2.38 bits per heavy atom. The Morgan fingerprint density at radius 1 is 1.54 bits per heavy atom. The van der Waals surface area contributed by atoms with Crippen molar-refractivity contribution in [2.24, 2.45) is 0 Å². The van der Waals surface area contributed by atoms with Gasteiger partial charge in [-0.05, 0) is 12.1 Å². The third-order valence-corrected chi connectivity index (χ3v) is 3.72. The van der Waals surface area contributed by atoms with E-state index in [4.69, 9.17) is 4.42 Å². The zero-order chi connectivity index (χ0) is 9.26. The van der Waals surface area contributed by atoms with Gasteiger partial charge in [-0.2, -0.15) is 11.8 Å². The maximum Gasteiger partial charge on any atom is 0.121 e. The Balaban J connectivity index is 2.08. The quantitative estimate of drug-likeness (QED) is 0.748. The van der Waals surface area contributed by atoms with Crippen molar-refractivity contribution < 1.29 is 4.42 Å². The number of thioether (sulfide) groups is 1. The van der Waals surface area contributed by atoms with Crippen LogP contribution in [-0.4, -0.2) is 17.0 Å². The molecule has 0 radical (unpaired) electrons. The zero-order valence-corrected chi connectivity index (χ0v) is 8.80. The summed E-state index contributed by atoms with van der Waals surface area (Å²) in [7, 11) is 0. The molecule has 0 aromatic carbocycles. The first-order chi connectivity index (χ1) is 6.27. The molecule has 2 heterocycles. The van der Waals surface area contributed by atoms with E-state index in [-0.39, 0.29) is 0 Å². The van der Waals surface area contributed by atoms with Gasteiger partial charge in [-0.1, -0.05) is 13.8 Å². The summed E-state index contributed by atoms with van der Waals surface area (Å²) < 4.78 is 5.40. The predicted octanol–water partition coefficient (Wildman–Crippen LogP) is 2.43. The average Bonchev–Trinajstić information content (AvgIpc) is 2.56. The Kier molecular flexibility index (Phi) is 2.65. The molecule has 1 saturated heterocycles. The van der Waals surface area contributed by atoms with Crippen molar-refractivity contribution in [3.8, 4) is 0 Å². The molecule has 0 spiro atoms. The second kappa shape index (κ2) is 3.76. The molecular weight excluding hydrogens is 182 g/mol. The Morgan fingerprint density at radius 3 is 3.00 bits per heavy atom. The molecule has 13 heavy (non-hydrogen) atoms. The van der Waals surface area contributed by atoms with Gasteiger partial charge in [0.25, 0.3) is 0 Å². The molecule has 0 amide bonds. The van der Waals surface area contributed by atoms with E-state index >= 15 is 0 Å². The average molecular weight is 197 g/mol. The normalized spacial score (nSPS) is 34.8. The predicted molar refractivity (Wildman–Crippen MR) is 56.0 cm³/mol. The molecule has 1 aliphatic heterocycles. The van der Waals surface area contributed by atoms with Crippen LogP contribution in [0.15, 0.2) is 22.8 Å². The minimum Gasteiger partial charge on any atom is -0.468 e. The molecule has 1 N–H and O–H groups in total. The van der Waals surface area contributed by atoms with Crippen LogP contribution in [0.5, 0.6) is 0 Å². The van der Waals surface area contributed by atoms with Crippen LogP contribution in [0.3, 0.4) is 0 Å². The molecule has 1 aromatic heterocycles. The second-order valence-electron chi connectivity index (χ2n) is 3.55. The third-order valence-electron chi connectivity index (χ3n) is 2.39. The number of hydrogen-bond acceptors (Lipinski definition) is 3. The first kappa shape index (κ1) is 9.16. The molecule has 1 aliphatic rings. The highest BCUT2D eigenvalue weighted by Gasteiger charge is 2.28. The van der Waals surface area contributed by atoms with Crippen LogP contribution in [0.25, 0.3) is 0 Å². The van der Waals surface area contributed by atoms with Gasteiger partial charge >= 0.3 is 0 Å². The largest absolute Gasteiger partial charge is 0.468 e. The van der Waals surface area contributed by atoms with E-state index in [0.717, 1.165) is 12.3 Å². The van der Waals surface area contributed by atoms with Crippen LogP contribution < -0.4 is 5.32 Å². The third kappa shape index (κ3) is 1.92. The summed E-state index contributed by atoms with van der Waals surface area (Å²) in [5, 5.41) is 4.81. The second-order valence-corrected chi connectivity index (χ2v) is 5.37. The molecule has 3 heteroatoms. The van der Waals surface area contributed by atoms with Crippen LogP contribution >= 0.6 is 11.8 Å². The van der Waals surface area contributed by atoms with Crippen LogP contribution in [0.4, 0.5) is 0 Å². The number of rotatable bonds is 1. The van der Waals surface area contributed by atoms with E-state index in [1.54, 1.807) is 6.26 Å². The van der Waals surface area contributed by atoms with Gasteiger partial charge in [0.05, 0.1) is 12.3 Å². The smallest absolute Gasteiger partial charge is 0.121 e. The molecule has 2 rings (SSSR count). The van der Waals surface area contributed by atoms with Crippen molar-refractivity contribution in [1.82, 2.24) is 5.32 Å². The maximum atomic E-state index is 5.40. The molecule has 1 fully saturated rings. The van der Waals surface area contributed by atoms with Gasteiger partial charge in [0, 0.05) is 17.0 Å². The van der Waals surface area contributed by atoms with Crippen molar-refractivity contribution in [2.75, 3.05) is 6.54 Å². The first-order valence-corrected chi connectivity index (χ1v) is 5.64. The summed E-state index contributed by atoms with van der Waals surface area (Å²) in [4.78, 5) is 0. The van der Waals surface area contributed by atoms with Crippen LogP contribution in [0, 0.1) is 0 Å². The summed E-state index contributed by atoms with van der Waals surface area (Å²) in [6.45, 7) is 5.58. The minimum absolute atomic E-state index is 0.385. The van der Waals surface area contributed by atoms with Gasteiger partial charge in [-0.25, -0.2) is 0 Å².